The molecule has 5 N–H and O–H groups in total. The molecule has 0 heterocycles. The third-order valence-electron chi connectivity index (χ3n) is 2.33. The van der Waals surface area contributed by atoms with E-state index in [2.05, 4.69) is 10.6 Å². The lowest BCUT2D eigenvalue weighted by Crippen LogP contribution is -2.49. The van der Waals surface area contributed by atoms with E-state index in [1.165, 1.54) is 0 Å². The van der Waals surface area contributed by atoms with Crippen molar-refractivity contribution in [3.05, 3.63) is 0 Å². The lowest BCUT2D eigenvalue weighted by atomic mass is 10.2. The van der Waals surface area contributed by atoms with Crippen molar-refractivity contribution in [2.45, 2.75) is 31.3 Å². The Kier molecular flexibility index (Phi) is 5.10. The largest absolute Gasteiger partial charge is 0.481 e. The normalized spacial score (nSPS) is 15.2. The first kappa shape index (κ1) is 14.7. The number of aliphatic carboxylic acids is 2. The summed E-state index contributed by atoms with van der Waals surface area (Å²) in [6, 6.07) is -2.28. The first-order valence-corrected chi connectivity index (χ1v) is 5.67. The van der Waals surface area contributed by atoms with Gasteiger partial charge in [0.25, 0.3) is 0 Å². The van der Waals surface area contributed by atoms with Gasteiger partial charge in [-0.15, -0.1) is 0 Å². The Hall–Kier alpha value is -2.32. The van der Waals surface area contributed by atoms with Crippen LogP contribution in [0.5, 0.6) is 0 Å². The van der Waals surface area contributed by atoms with E-state index in [0.717, 1.165) is 12.8 Å². The number of carboxylic acids is 2. The number of hydrogen-bond acceptors (Lipinski definition) is 4. The number of hydrogen-bond donors (Lipinski definition) is 5. The molecule has 9 nitrogen and oxygen atoms in total. The molecular weight excluding hydrogens is 258 g/mol. The lowest BCUT2D eigenvalue weighted by Gasteiger charge is -2.13. The van der Waals surface area contributed by atoms with Crippen molar-refractivity contribution >= 4 is 23.9 Å². The topological polar surface area (TPSA) is 145 Å². The van der Waals surface area contributed by atoms with Gasteiger partial charge >= 0.3 is 18.0 Å². The smallest absolute Gasteiger partial charge is 0.326 e. The monoisotopic (exact) mass is 273 g/mol. The van der Waals surface area contributed by atoms with Gasteiger partial charge in [-0.1, -0.05) is 0 Å². The molecule has 3 amide bonds. The summed E-state index contributed by atoms with van der Waals surface area (Å²) in [5.74, 6) is -3.18. The molecule has 0 aromatic carbocycles. The zero-order valence-electron chi connectivity index (χ0n) is 10.0. The molecule has 1 saturated carbocycles. The van der Waals surface area contributed by atoms with Crippen LogP contribution in [0.15, 0.2) is 0 Å². The van der Waals surface area contributed by atoms with Crippen molar-refractivity contribution in [3.8, 4) is 0 Å². The van der Waals surface area contributed by atoms with E-state index in [1.807, 2.05) is 5.32 Å². The van der Waals surface area contributed by atoms with Crippen LogP contribution in [0.2, 0.25) is 0 Å². The lowest BCUT2D eigenvalue weighted by molar-refractivity contribution is -0.145. The van der Waals surface area contributed by atoms with E-state index in [9.17, 15) is 19.2 Å². The molecule has 0 spiro atoms. The quantitative estimate of drug-likeness (QED) is 0.381. The van der Waals surface area contributed by atoms with Crippen molar-refractivity contribution in [2.24, 2.45) is 0 Å². The highest BCUT2D eigenvalue weighted by atomic mass is 16.4. The van der Waals surface area contributed by atoms with Crippen LogP contribution < -0.4 is 16.0 Å². The third-order valence-corrected chi connectivity index (χ3v) is 2.33. The van der Waals surface area contributed by atoms with E-state index in [4.69, 9.17) is 10.2 Å². The second kappa shape index (κ2) is 6.57. The van der Waals surface area contributed by atoms with Crippen molar-refractivity contribution in [1.82, 2.24) is 16.0 Å². The standard InChI is InChI=1S/C10H15N3O6/c14-7(12-5-1-2-5)4-11-10(19)13-6(9(17)18)3-8(15)16/h5-6H,1-4H2,(H,12,14)(H,15,16)(H,17,18)(H2,11,13,19)/t6-/m1/s1. The van der Waals surface area contributed by atoms with Gasteiger partial charge in [-0.3, -0.25) is 9.59 Å². The summed E-state index contributed by atoms with van der Waals surface area (Å²) in [4.78, 5) is 43.6. The average Bonchev–Trinajstić information content (AvgIpc) is 3.08. The Labute approximate surface area is 108 Å². The molecule has 0 radical (unpaired) electrons. The van der Waals surface area contributed by atoms with Crippen molar-refractivity contribution < 1.29 is 29.4 Å². The molecule has 1 fully saturated rings. The summed E-state index contributed by atoms with van der Waals surface area (Å²) >= 11 is 0. The predicted molar refractivity (Wildman–Crippen MR) is 61.4 cm³/mol. The van der Waals surface area contributed by atoms with Gasteiger partial charge in [-0.25, -0.2) is 9.59 Å². The Balaban J connectivity index is 2.28. The van der Waals surface area contributed by atoms with E-state index >= 15 is 0 Å². The minimum atomic E-state index is -1.54. The number of carbonyl (C=O) groups excluding carboxylic acids is 2. The van der Waals surface area contributed by atoms with Gasteiger partial charge in [0.05, 0.1) is 13.0 Å². The average molecular weight is 273 g/mol. The number of carbonyl (C=O) groups is 4. The predicted octanol–water partition coefficient (Wildman–Crippen LogP) is -1.51. The highest BCUT2D eigenvalue weighted by molar-refractivity contribution is 5.88. The summed E-state index contributed by atoms with van der Waals surface area (Å²) in [5, 5.41) is 23.9. The minimum absolute atomic E-state index is 0.163. The molecule has 0 aromatic heterocycles. The zero-order valence-corrected chi connectivity index (χ0v) is 10.0. The van der Waals surface area contributed by atoms with Crippen LogP contribution in [0.25, 0.3) is 0 Å². The van der Waals surface area contributed by atoms with Crippen molar-refractivity contribution in [2.75, 3.05) is 6.54 Å². The Morgan fingerprint density at radius 1 is 1.16 bits per heavy atom. The molecule has 1 aliphatic carbocycles. The van der Waals surface area contributed by atoms with Gasteiger partial charge in [0.1, 0.15) is 6.04 Å². The second-order valence-electron chi connectivity index (χ2n) is 4.16. The molecule has 19 heavy (non-hydrogen) atoms. The Bertz CT molecular complexity index is 393. The van der Waals surface area contributed by atoms with Crippen LogP contribution in [0.1, 0.15) is 19.3 Å². The maximum atomic E-state index is 11.3. The number of urea groups is 1. The first-order valence-electron chi connectivity index (χ1n) is 5.67. The first-order chi connectivity index (χ1) is 8.88. The van der Waals surface area contributed by atoms with Crippen molar-refractivity contribution in [3.63, 3.8) is 0 Å². The molecule has 1 aliphatic rings. The molecule has 1 atom stereocenters. The maximum Gasteiger partial charge on any atom is 0.326 e. The number of carboxylic acid groups (broad SMARTS) is 2. The molecule has 0 aromatic rings. The summed E-state index contributed by atoms with van der Waals surface area (Å²) in [6.07, 6.45) is 1.09. The molecule has 0 saturated heterocycles. The fourth-order valence-electron chi connectivity index (χ4n) is 1.25. The van der Waals surface area contributed by atoms with Crippen LogP contribution in [0, 0.1) is 0 Å². The highest BCUT2D eigenvalue weighted by Crippen LogP contribution is 2.18. The minimum Gasteiger partial charge on any atom is -0.481 e. The van der Waals surface area contributed by atoms with E-state index in [1.54, 1.807) is 0 Å². The summed E-state index contributed by atoms with van der Waals surface area (Å²) in [7, 11) is 0. The zero-order chi connectivity index (χ0) is 14.4. The third kappa shape index (κ3) is 6.24. The van der Waals surface area contributed by atoms with Crippen LogP contribution >= 0.6 is 0 Å². The van der Waals surface area contributed by atoms with E-state index in [-0.39, 0.29) is 18.5 Å². The molecule has 0 bridgehead atoms. The Morgan fingerprint density at radius 2 is 1.79 bits per heavy atom. The van der Waals surface area contributed by atoms with Gasteiger partial charge < -0.3 is 26.2 Å². The number of nitrogens with one attached hydrogen (secondary N) is 3. The number of amides is 3. The SMILES string of the molecule is O=C(O)C[C@@H](NC(=O)NCC(=O)NC1CC1)C(=O)O. The van der Waals surface area contributed by atoms with Crippen LogP contribution in [0.4, 0.5) is 4.79 Å². The van der Waals surface area contributed by atoms with Crippen LogP contribution in [-0.4, -0.2) is 52.7 Å². The van der Waals surface area contributed by atoms with Gasteiger partial charge in [0, 0.05) is 6.04 Å². The van der Waals surface area contributed by atoms with E-state index < -0.39 is 30.4 Å². The molecule has 1 rings (SSSR count). The molecular formula is C10H15N3O6. The second-order valence-corrected chi connectivity index (χ2v) is 4.16. The molecule has 0 aliphatic heterocycles. The van der Waals surface area contributed by atoms with Gasteiger partial charge in [0.15, 0.2) is 0 Å². The van der Waals surface area contributed by atoms with Crippen LogP contribution in [0.3, 0.4) is 0 Å². The van der Waals surface area contributed by atoms with Crippen LogP contribution in [-0.2, 0) is 14.4 Å². The summed E-state index contributed by atoms with van der Waals surface area (Å²) in [6.45, 7) is -0.290. The maximum absolute atomic E-state index is 11.3. The van der Waals surface area contributed by atoms with Gasteiger partial charge in [-0.2, -0.15) is 0 Å². The van der Waals surface area contributed by atoms with E-state index in [0.29, 0.717) is 0 Å². The van der Waals surface area contributed by atoms with Gasteiger partial charge in [0.2, 0.25) is 5.91 Å². The highest BCUT2D eigenvalue weighted by Gasteiger charge is 2.25. The summed E-state index contributed by atoms with van der Waals surface area (Å²) in [5.41, 5.74) is 0. The fraction of sp³-hybridized carbons (Fsp3) is 0.600. The molecule has 0 unspecified atom stereocenters. The fourth-order valence-corrected chi connectivity index (χ4v) is 1.25. The van der Waals surface area contributed by atoms with Gasteiger partial charge in [-0.05, 0) is 12.8 Å². The van der Waals surface area contributed by atoms with Crippen molar-refractivity contribution in [1.29, 1.82) is 0 Å². The molecule has 106 valence electrons. The summed E-state index contributed by atoms with van der Waals surface area (Å²) < 4.78 is 0. The Morgan fingerprint density at radius 3 is 2.26 bits per heavy atom. The molecule has 9 heteroatoms. The number of rotatable bonds is 7.